The van der Waals surface area contributed by atoms with Gasteiger partial charge in [0.05, 0.1) is 6.61 Å². The van der Waals surface area contributed by atoms with E-state index in [-0.39, 0.29) is 11.8 Å². The van der Waals surface area contributed by atoms with Gasteiger partial charge in [0, 0.05) is 35.5 Å². The molecule has 1 atom stereocenters. The van der Waals surface area contributed by atoms with E-state index in [0.29, 0.717) is 11.4 Å². The van der Waals surface area contributed by atoms with E-state index in [1.807, 2.05) is 60.7 Å². The number of rotatable bonds is 15. The number of carbonyl (C=O) groups is 3. The van der Waals surface area contributed by atoms with E-state index in [4.69, 9.17) is 9.84 Å². The average molecular weight is 637 g/mol. The van der Waals surface area contributed by atoms with Crippen molar-refractivity contribution in [2.24, 2.45) is 0 Å². The van der Waals surface area contributed by atoms with Crippen LogP contribution < -0.4 is 15.4 Å². The minimum absolute atomic E-state index is 0.0670. The standard InChI is InChI=1S/C38H44N4O5/c1-5-6-7-8-21-47-32-19-15-27(16-20-32)30-23-39-35(40-24-30)28-11-9-26(10-12-28)22-33(37(46)41-25-34(43)44)42-36(45)29-13-17-31(18-14-29)38(2,3)4/h9-20,23-24,33H,5-8,21-22,25H2,1-4H3,(H,41,46)(H,42,45)(H,43,44)/t33-/m0/s1. The molecule has 0 aliphatic rings. The molecule has 1 aromatic heterocycles. The second-order valence-electron chi connectivity index (χ2n) is 12.6. The lowest BCUT2D eigenvalue weighted by Crippen LogP contribution is -2.49. The largest absolute Gasteiger partial charge is 0.494 e. The molecule has 4 rings (SSSR count). The fraction of sp³-hybridized carbons (Fsp3) is 0.342. The zero-order chi connectivity index (χ0) is 33.8. The second kappa shape index (κ2) is 16.5. The summed E-state index contributed by atoms with van der Waals surface area (Å²) in [7, 11) is 0. The van der Waals surface area contributed by atoms with E-state index < -0.39 is 30.4 Å². The van der Waals surface area contributed by atoms with E-state index in [1.54, 1.807) is 24.5 Å². The van der Waals surface area contributed by atoms with E-state index in [2.05, 4.69) is 48.3 Å². The molecule has 0 spiro atoms. The molecule has 0 unspecified atom stereocenters. The first kappa shape index (κ1) is 34.8. The summed E-state index contributed by atoms with van der Waals surface area (Å²) in [5.41, 5.74) is 4.87. The monoisotopic (exact) mass is 636 g/mol. The lowest BCUT2D eigenvalue weighted by molar-refractivity contribution is -0.138. The number of hydrogen-bond acceptors (Lipinski definition) is 6. The Kier molecular flexibility index (Phi) is 12.2. The fourth-order valence-electron chi connectivity index (χ4n) is 4.97. The Balaban J connectivity index is 1.40. The number of nitrogens with zero attached hydrogens (tertiary/aromatic N) is 2. The third-order valence-electron chi connectivity index (χ3n) is 7.81. The van der Waals surface area contributed by atoms with Gasteiger partial charge >= 0.3 is 5.97 Å². The van der Waals surface area contributed by atoms with Gasteiger partial charge in [-0.3, -0.25) is 14.4 Å². The highest BCUT2D eigenvalue weighted by Gasteiger charge is 2.23. The van der Waals surface area contributed by atoms with Gasteiger partial charge in [0.15, 0.2) is 5.82 Å². The molecule has 0 saturated carbocycles. The Hall–Kier alpha value is -5.05. The first-order valence-electron chi connectivity index (χ1n) is 16.1. The van der Waals surface area contributed by atoms with Crippen molar-refractivity contribution in [1.82, 2.24) is 20.6 Å². The normalized spacial score (nSPS) is 11.8. The van der Waals surface area contributed by atoms with Gasteiger partial charge in [-0.15, -0.1) is 0 Å². The van der Waals surface area contributed by atoms with Crippen LogP contribution in [0.1, 0.15) is 74.9 Å². The summed E-state index contributed by atoms with van der Waals surface area (Å²) in [4.78, 5) is 46.2. The van der Waals surface area contributed by atoms with Crippen LogP contribution in [-0.2, 0) is 21.4 Å². The van der Waals surface area contributed by atoms with Crippen LogP contribution in [0.15, 0.2) is 85.2 Å². The highest BCUT2D eigenvalue weighted by Crippen LogP contribution is 2.24. The van der Waals surface area contributed by atoms with Crippen molar-refractivity contribution >= 4 is 17.8 Å². The molecule has 9 nitrogen and oxygen atoms in total. The number of carbonyl (C=O) groups excluding carboxylic acids is 2. The molecule has 9 heteroatoms. The van der Waals surface area contributed by atoms with Crippen molar-refractivity contribution in [2.75, 3.05) is 13.2 Å². The minimum Gasteiger partial charge on any atom is -0.494 e. The van der Waals surface area contributed by atoms with Gasteiger partial charge in [-0.1, -0.05) is 95.5 Å². The summed E-state index contributed by atoms with van der Waals surface area (Å²) >= 11 is 0. The zero-order valence-corrected chi connectivity index (χ0v) is 27.6. The van der Waals surface area contributed by atoms with Crippen LogP contribution in [0.2, 0.25) is 0 Å². The summed E-state index contributed by atoms with van der Waals surface area (Å²) < 4.78 is 5.84. The van der Waals surface area contributed by atoms with E-state index in [9.17, 15) is 14.4 Å². The van der Waals surface area contributed by atoms with Crippen molar-refractivity contribution in [1.29, 1.82) is 0 Å². The van der Waals surface area contributed by atoms with Crippen molar-refractivity contribution < 1.29 is 24.2 Å². The van der Waals surface area contributed by atoms with Crippen molar-refractivity contribution in [3.63, 3.8) is 0 Å². The molecule has 0 bridgehead atoms. The maximum atomic E-state index is 13.1. The van der Waals surface area contributed by atoms with Crippen LogP contribution in [0, 0.1) is 0 Å². The van der Waals surface area contributed by atoms with Crippen LogP contribution in [0.25, 0.3) is 22.5 Å². The molecule has 0 aliphatic heterocycles. The van der Waals surface area contributed by atoms with Crippen LogP contribution in [0.4, 0.5) is 0 Å². The number of aromatic nitrogens is 2. The fourth-order valence-corrected chi connectivity index (χ4v) is 4.97. The summed E-state index contributed by atoms with van der Waals surface area (Å²) in [6.45, 7) is 8.62. The topological polar surface area (TPSA) is 131 Å². The first-order chi connectivity index (χ1) is 22.5. The Morgan fingerprint density at radius 3 is 2.04 bits per heavy atom. The minimum atomic E-state index is -1.17. The SMILES string of the molecule is CCCCCCOc1ccc(-c2cnc(-c3ccc(C[C@H](NC(=O)c4ccc(C(C)(C)C)cc4)C(=O)NCC(=O)O)cc3)nc2)cc1. The molecule has 1 heterocycles. The summed E-state index contributed by atoms with van der Waals surface area (Å²) in [5.74, 6) is -0.776. The van der Waals surface area contributed by atoms with Gasteiger partial charge < -0.3 is 20.5 Å². The predicted molar refractivity (Wildman–Crippen MR) is 183 cm³/mol. The molecule has 3 aromatic carbocycles. The number of ether oxygens (including phenoxy) is 1. The number of hydrogen-bond donors (Lipinski definition) is 3. The van der Waals surface area contributed by atoms with E-state index >= 15 is 0 Å². The van der Waals surface area contributed by atoms with Gasteiger partial charge in [0.1, 0.15) is 18.3 Å². The number of carboxylic acid groups (broad SMARTS) is 1. The maximum Gasteiger partial charge on any atom is 0.322 e. The van der Waals surface area contributed by atoms with Crippen LogP contribution in [0.5, 0.6) is 5.75 Å². The quantitative estimate of drug-likeness (QED) is 0.125. The number of nitrogens with one attached hydrogen (secondary N) is 2. The second-order valence-corrected chi connectivity index (χ2v) is 12.6. The Morgan fingerprint density at radius 2 is 1.45 bits per heavy atom. The van der Waals surface area contributed by atoms with Crippen LogP contribution in [-0.4, -0.2) is 52.1 Å². The average Bonchev–Trinajstić information content (AvgIpc) is 3.07. The number of benzene rings is 3. The van der Waals surface area contributed by atoms with Gasteiger partial charge in [0.2, 0.25) is 5.91 Å². The van der Waals surface area contributed by atoms with E-state index in [1.165, 1.54) is 19.3 Å². The van der Waals surface area contributed by atoms with Gasteiger partial charge in [-0.25, -0.2) is 9.97 Å². The van der Waals surface area contributed by atoms with Crippen molar-refractivity contribution in [3.05, 3.63) is 102 Å². The summed E-state index contributed by atoms with van der Waals surface area (Å²) in [6.07, 6.45) is 8.39. The Bertz CT molecular complexity index is 1610. The van der Waals surface area contributed by atoms with Gasteiger partial charge in [0.25, 0.3) is 5.91 Å². The predicted octanol–water partition coefficient (Wildman–Crippen LogP) is 6.61. The molecule has 47 heavy (non-hydrogen) atoms. The zero-order valence-electron chi connectivity index (χ0n) is 27.6. The lowest BCUT2D eigenvalue weighted by atomic mass is 9.86. The number of unbranched alkanes of at least 4 members (excludes halogenated alkanes) is 3. The molecule has 2 amide bonds. The van der Waals surface area contributed by atoms with Crippen molar-refractivity contribution in [2.45, 2.75) is 71.3 Å². The lowest BCUT2D eigenvalue weighted by Gasteiger charge is -2.20. The van der Waals surface area contributed by atoms with Crippen molar-refractivity contribution in [3.8, 4) is 28.3 Å². The Morgan fingerprint density at radius 1 is 0.809 bits per heavy atom. The molecular formula is C38H44N4O5. The summed E-state index contributed by atoms with van der Waals surface area (Å²) in [6, 6.07) is 21.6. The molecule has 0 saturated heterocycles. The molecule has 0 fully saturated rings. The summed E-state index contributed by atoms with van der Waals surface area (Å²) in [5, 5.41) is 14.2. The maximum absolute atomic E-state index is 13.1. The molecular weight excluding hydrogens is 592 g/mol. The highest BCUT2D eigenvalue weighted by atomic mass is 16.5. The molecule has 4 aromatic rings. The molecule has 3 N–H and O–H groups in total. The third-order valence-corrected chi connectivity index (χ3v) is 7.81. The highest BCUT2D eigenvalue weighted by molar-refractivity contribution is 5.98. The van der Waals surface area contributed by atoms with Crippen LogP contribution >= 0.6 is 0 Å². The molecule has 0 radical (unpaired) electrons. The third kappa shape index (κ3) is 10.5. The van der Waals surface area contributed by atoms with Gasteiger partial charge in [-0.2, -0.15) is 0 Å². The number of aliphatic carboxylic acids is 1. The Labute approximate surface area is 276 Å². The smallest absolute Gasteiger partial charge is 0.322 e. The molecule has 0 aliphatic carbocycles. The number of amides is 2. The number of carboxylic acids is 1. The molecule has 246 valence electrons. The van der Waals surface area contributed by atoms with Crippen LogP contribution in [0.3, 0.4) is 0 Å². The van der Waals surface area contributed by atoms with Gasteiger partial charge in [-0.05, 0) is 52.8 Å². The van der Waals surface area contributed by atoms with E-state index in [0.717, 1.165) is 46.6 Å². The first-order valence-corrected chi connectivity index (χ1v) is 16.1.